The van der Waals surface area contributed by atoms with Gasteiger partial charge in [0.25, 0.3) is 0 Å². The van der Waals surface area contributed by atoms with Crippen molar-refractivity contribution in [3.05, 3.63) is 0 Å². The third-order valence-electron chi connectivity index (χ3n) is 20.4. The number of ketones is 7. The lowest BCUT2D eigenvalue weighted by Gasteiger charge is -2.48. The number of hydrogen-bond acceptors (Lipinski definition) is 38. The van der Waals surface area contributed by atoms with Crippen molar-refractivity contribution in [3.63, 3.8) is 0 Å². The zero-order valence-electron chi connectivity index (χ0n) is 76.2. The summed E-state index contributed by atoms with van der Waals surface area (Å²) in [5, 5.41) is 144. The second kappa shape index (κ2) is 65.0. The van der Waals surface area contributed by atoms with Crippen molar-refractivity contribution in [2.24, 2.45) is 0 Å². The van der Waals surface area contributed by atoms with E-state index in [4.69, 9.17) is 33.5 Å². The Kier molecular flexibility index (Phi) is 57.5. The van der Waals surface area contributed by atoms with E-state index in [1.165, 1.54) is 6.92 Å². The second-order valence-corrected chi connectivity index (χ2v) is 31.6. The van der Waals surface area contributed by atoms with Crippen LogP contribution in [0.5, 0.6) is 0 Å². The first-order chi connectivity index (χ1) is 64.5. The van der Waals surface area contributed by atoms with E-state index in [2.05, 4.69) is 37.2 Å². The Bertz CT molecular complexity index is 4120. The van der Waals surface area contributed by atoms with Crippen LogP contribution >= 0.6 is 0 Å². The van der Waals surface area contributed by atoms with E-state index >= 15 is 0 Å². The summed E-state index contributed by atoms with van der Waals surface area (Å²) in [5.41, 5.74) is 0. The van der Waals surface area contributed by atoms with Gasteiger partial charge in [-0.25, -0.2) is 0 Å². The fraction of sp³-hybridized carbons (Fsp3) is 0.707. The first kappa shape index (κ1) is 121. The molecule has 772 valence electrons. The molecule has 3 fully saturated rings. The van der Waals surface area contributed by atoms with Crippen LogP contribution in [0.3, 0.4) is 0 Å². The van der Waals surface area contributed by atoms with E-state index in [1.54, 1.807) is 20.9 Å². The quantitative estimate of drug-likeness (QED) is 0.0251. The zero-order chi connectivity index (χ0) is 103. The first-order valence-corrected chi connectivity index (χ1v) is 43.6. The Hall–Kier alpha value is -11.9. The standard InChI is InChI=1S/C53H75N11O27.C29H51NO16/c1-3-32(65)6-12-44(77)60(27-49(82)83)22-40(73)56-18-34(67)8-14-46(79)62(29-51(86)87)24-42(75)58-20-36(69)10-16-48(81)64(31-53(90)91)26-43(76)59-21-37(70)9-15-47(80)63(30-52(88)89)25-41(74)57-19-35(68)7-13-45(78)61(28-50(84)85)23-39(72)55-17-33(66)5-11-38(71)54-4-2;1-14-21(36)16(34)11-20(42-14)45-27-26(46-28-25(40)24(39)22(37)17(12-31)43-28)23(38)18(13-32)44-29(27)41-10-6-5-8-15(33)7-3-4-9-19(35)30-2/h3-31H2,1-2H3,(H,54,71)(H,55,72)(H,56,73)(H,57,74)(H,58,75)(H,59,76)(H,82,83)(H,84,85)(H,86,87)(H,88,89)(H,90,91);14,16-18,20-29,31-32,34,36-40H,3-13H2,1-2H3,(H,30,35)/t;14?,16-,17?,18?,20+,21-,22+,23+,24+,25?,26+,27?,28-,29-/m.1/s1. The molecule has 0 aliphatic carbocycles. The number of unbranched alkanes of at least 4 members (excludes halogenated alkanes) is 2. The van der Waals surface area contributed by atoms with E-state index in [-0.39, 0.29) is 62.6 Å². The number of aliphatic hydroxyl groups is 8. The summed E-state index contributed by atoms with van der Waals surface area (Å²) in [6, 6.07) is 0. The maximum absolute atomic E-state index is 12.9. The molecular formula is C82H126N12O43. The van der Waals surface area contributed by atoms with Gasteiger partial charge in [0.1, 0.15) is 132 Å². The normalized spacial score (nSPS) is 20.3. The molecule has 3 aliphatic heterocycles. The summed E-state index contributed by atoms with van der Waals surface area (Å²) in [7, 11) is 1.56. The molecular weight excluding hydrogens is 1840 g/mol. The van der Waals surface area contributed by atoms with Crippen LogP contribution in [0.15, 0.2) is 0 Å². The number of nitrogens with one attached hydrogen (secondary N) is 7. The second-order valence-electron chi connectivity index (χ2n) is 31.6. The summed E-state index contributed by atoms with van der Waals surface area (Å²) in [5.74, 6) is -22.4. The van der Waals surface area contributed by atoms with Crippen LogP contribution in [0.2, 0.25) is 0 Å². The molecule has 0 aromatic carbocycles. The summed E-state index contributed by atoms with van der Waals surface area (Å²) in [6.07, 6.45) is -22.7. The number of hydrogen-bond donors (Lipinski definition) is 20. The van der Waals surface area contributed by atoms with Gasteiger partial charge in [-0.05, 0) is 39.5 Å². The lowest BCUT2D eigenvalue weighted by Crippen LogP contribution is -2.66. The topological polar surface area (TPSA) is 828 Å². The lowest BCUT2D eigenvalue weighted by molar-refractivity contribution is -0.382. The Labute approximate surface area is 783 Å². The van der Waals surface area contributed by atoms with Gasteiger partial charge in [0.15, 0.2) is 47.8 Å². The number of nitrogens with zero attached hydrogens (tertiary/aromatic N) is 5. The van der Waals surface area contributed by atoms with E-state index < -0.39 is 373 Å². The molecule has 20 N–H and O–H groups in total. The number of carbonyl (C=O) groups is 24. The van der Waals surface area contributed by atoms with Crippen molar-refractivity contribution < 1.29 is 210 Å². The molecule has 55 nitrogen and oxygen atoms in total. The van der Waals surface area contributed by atoms with Crippen molar-refractivity contribution in [2.45, 2.75) is 242 Å². The number of aliphatic carboxylic acids is 5. The molecule has 5 unspecified atom stereocenters. The Morgan fingerprint density at radius 3 is 0.978 bits per heavy atom. The lowest BCUT2D eigenvalue weighted by atomic mass is 9.96. The molecule has 3 aliphatic rings. The maximum atomic E-state index is 12.9. The van der Waals surface area contributed by atoms with Crippen LogP contribution in [-0.2, 0) is 143 Å². The predicted molar refractivity (Wildman–Crippen MR) is 454 cm³/mol. The van der Waals surface area contributed by atoms with Crippen LogP contribution in [0.1, 0.15) is 156 Å². The SMILES string of the molecule is CCNC(=O)CCC(=O)CNC(=O)CN(CC(=O)O)C(=O)CCC(=O)CNC(=O)CN(CC(=O)O)C(=O)CCC(=O)CNC(=O)CN(CC(=O)O)C(=O)CCC(=O)CNC(=O)CN(CC(=O)O)C(=O)CCC(=O)CNC(=O)CN(CC(=O)O)C(=O)CCC(=O)CC.CNC(=O)CCCCC(=O)CCCCO[C@@H]1OC(CO)[C@H](O)[C@H](O[C@H]2OC(CO)[C@H](O)[C@H](O)C2O)C1O[C@H]1C[C@@H](O)[C@H](O)C(C)O1. The Balaban J connectivity index is 0.00000114. The Morgan fingerprint density at radius 2 is 0.650 bits per heavy atom. The molecule has 0 radical (unpaired) electrons. The van der Waals surface area contributed by atoms with Gasteiger partial charge < -0.3 is 157 Å². The number of ether oxygens (including phenoxy) is 6. The van der Waals surface area contributed by atoms with Gasteiger partial charge in [0.05, 0.1) is 58.1 Å². The van der Waals surface area contributed by atoms with Crippen LogP contribution in [0.4, 0.5) is 0 Å². The molecule has 0 saturated carbocycles. The van der Waals surface area contributed by atoms with Crippen LogP contribution in [-0.4, -0.2) is 450 Å². The number of carboxylic acids is 5. The van der Waals surface area contributed by atoms with Gasteiger partial charge in [0.2, 0.25) is 70.9 Å². The summed E-state index contributed by atoms with van der Waals surface area (Å²) in [4.78, 5) is 295. The van der Waals surface area contributed by atoms with Gasteiger partial charge in [-0.1, -0.05) is 6.92 Å². The molecule has 0 spiro atoms. The van der Waals surface area contributed by atoms with Crippen molar-refractivity contribution >= 4 is 141 Å². The smallest absolute Gasteiger partial charge is 0.323 e. The molecule has 0 aromatic rings. The van der Waals surface area contributed by atoms with Gasteiger partial charge in [-0.15, -0.1) is 0 Å². The summed E-state index contributed by atoms with van der Waals surface area (Å²) in [6.45, 7) is -9.39. The summed E-state index contributed by atoms with van der Waals surface area (Å²) >= 11 is 0. The maximum Gasteiger partial charge on any atom is 0.323 e. The molecule has 12 amide bonds. The number of Topliss-reactive ketones (excluding diaryl/α,β-unsaturated/α-hetero) is 7. The molecule has 0 bridgehead atoms. The molecule has 3 rings (SSSR count). The number of carboxylic acid groups (broad SMARTS) is 5. The first-order valence-electron chi connectivity index (χ1n) is 43.6. The zero-order valence-corrected chi connectivity index (χ0v) is 76.2. The Morgan fingerprint density at radius 1 is 0.321 bits per heavy atom. The molecule has 137 heavy (non-hydrogen) atoms. The summed E-state index contributed by atoms with van der Waals surface area (Å²) < 4.78 is 34.8. The highest BCUT2D eigenvalue weighted by Crippen LogP contribution is 2.34. The number of amides is 12. The van der Waals surface area contributed by atoms with Gasteiger partial charge in [-0.3, -0.25) is 115 Å². The monoisotopic (exact) mass is 1970 g/mol. The fourth-order valence-electron chi connectivity index (χ4n) is 12.9. The highest BCUT2D eigenvalue weighted by atomic mass is 16.8. The van der Waals surface area contributed by atoms with Crippen molar-refractivity contribution in [2.75, 3.05) is 132 Å². The van der Waals surface area contributed by atoms with Gasteiger partial charge >= 0.3 is 29.8 Å². The van der Waals surface area contributed by atoms with Crippen LogP contribution < -0.4 is 37.2 Å². The average Bonchev–Trinajstić information content (AvgIpc) is 0.769. The van der Waals surface area contributed by atoms with E-state index in [1.807, 2.05) is 0 Å². The highest BCUT2D eigenvalue weighted by Gasteiger charge is 2.53. The number of carbonyl (C=O) groups excluding carboxylic acids is 19. The van der Waals surface area contributed by atoms with Crippen molar-refractivity contribution in [1.29, 1.82) is 0 Å². The van der Waals surface area contributed by atoms with E-state index in [0.717, 1.165) is 0 Å². The molecule has 14 atom stereocenters. The minimum atomic E-state index is -1.82. The number of rotatable bonds is 67. The largest absolute Gasteiger partial charge is 0.480 e. The molecule has 55 heteroatoms. The minimum absolute atomic E-state index is 0.0489. The van der Waals surface area contributed by atoms with Crippen LogP contribution in [0, 0.1) is 0 Å². The van der Waals surface area contributed by atoms with Crippen molar-refractivity contribution in [3.8, 4) is 0 Å². The van der Waals surface area contributed by atoms with E-state index in [0.29, 0.717) is 76.0 Å². The fourth-order valence-corrected chi connectivity index (χ4v) is 12.9. The highest BCUT2D eigenvalue weighted by molar-refractivity contribution is 5.98. The molecule has 3 saturated heterocycles. The van der Waals surface area contributed by atoms with E-state index in [9.17, 15) is 176 Å². The average molecular weight is 1970 g/mol. The molecule has 0 aromatic heterocycles. The van der Waals surface area contributed by atoms with Gasteiger partial charge in [0, 0.05) is 129 Å². The number of aliphatic hydroxyl groups excluding tert-OH is 8. The third-order valence-corrected chi connectivity index (χ3v) is 20.4. The predicted octanol–water partition coefficient (Wildman–Crippen LogP) is -10.7. The van der Waals surface area contributed by atoms with Crippen molar-refractivity contribution in [1.82, 2.24) is 61.7 Å². The minimum Gasteiger partial charge on any atom is -0.480 e. The third kappa shape index (κ3) is 49.6. The van der Waals surface area contributed by atoms with Gasteiger partial charge in [-0.2, -0.15) is 0 Å². The molecule has 3 heterocycles. The van der Waals surface area contributed by atoms with Crippen LogP contribution in [0.25, 0.3) is 0 Å².